The summed E-state index contributed by atoms with van der Waals surface area (Å²) in [6.07, 6.45) is 3.23. The molecule has 0 aromatic heterocycles. The van der Waals surface area contributed by atoms with Crippen LogP contribution in [0.15, 0.2) is 55.6 Å². The van der Waals surface area contributed by atoms with Crippen molar-refractivity contribution in [2.24, 2.45) is 0 Å². The summed E-state index contributed by atoms with van der Waals surface area (Å²) in [7, 11) is 0. The molecule has 10 heteroatoms. The number of alkyl carbamates (subject to hydrolysis) is 1. The lowest BCUT2D eigenvalue weighted by molar-refractivity contribution is -0.131. The number of nitrogens with zero attached hydrogens (tertiary/aromatic N) is 1. The molecule has 38 heavy (non-hydrogen) atoms. The minimum atomic E-state index is -1.27. The molecule has 0 aliphatic carbocycles. The Labute approximate surface area is 225 Å². The van der Waals surface area contributed by atoms with Crippen molar-refractivity contribution in [3.63, 3.8) is 0 Å². The number of rotatable bonds is 16. The normalized spacial score (nSPS) is 12.4. The zero-order chi connectivity index (χ0) is 28.6. The Morgan fingerprint density at radius 1 is 1.00 bits per heavy atom. The van der Waals surface area contributed by atoms with Crippen LogP contribution in [0, 0.1) is 0 Å². The van der Waals surface area contributed by atoms with Crippen LogP contribution in [-0.4, -0.2) is 71.3 Å². The van der Waals surface area contributed by atoms with E-state index in [0.717, 1.165) is 10.5 Å². The van der Waals surface area contributed by atoms with E-state index >= 15 is 0 Å². The van der Waals surface area contributed by atoms with Crippen molar-refractivity contribution in [1.29, 1.82) is 0 Å². The van der Waals surface area contributed by atoms with E-state index in [9.17, 15) is 24.3 Å². The molecule has 0 aliphatic heterocycles. The fourth-order valence-corrected chi connectivity index (χ4v) is 3.62. The number of hydrogen-bond donors (Lipinski definition) is 4. The average molecular weight is 531 g/mol. The first kappa shape index (κ1) is 32.2. The van der Waals surface area contributed by atoms with Gasteiger partial charge in [-0.25, -0.2) is 9.59 Å². The predicted octanol–water partition coefficient (Wildman–Crippen LogP) is 3.64. The summed E-state index contributed by atoms with van der Waals surface area (Å²) >= 11 is 0. The second-order valence-electron chi connectivity index (χ2n) is 9.78. The molecule has 1 aromatic rings. The van der Waals surface area contributed by atoms with Gasteiger partial charge in [0.15, 0.2) is 0 Å². The maximum atomic E-state index is 13.4. The molecule has 0 unspecified atom stereocenters. The molecule has 0 fully saturated rings. The minimum absolute atomic E-state index is 0.0571. The SMILES string of the molecule is C=CCCNC(=O)[C@@H](Cc1ccccc1)NC(=O)[C@H](CCCCNC(=O)OC(C)(C)C)N(CC=C)C(=O)O. The Balaban J connectivity index is 2.94. The van der Waals surface area contributed by atoms with Gasteiger partial charge in [0.05, 0.1) is 0 Å². The van der Waals surface area contributed by atoms with Gasteiger partial charge in [-0.3, -0.25) is 14.5 Å². The number of carbonyl (C=O) groups excluding carboxylic acids is 3. The molecule has 0 heterocycles. The Hall–Kier alpha value is -3.82. The van der Waals surface area contributed by atoms with Gasteiger partial charge in [-0.1, -0.05) is 42.5 Å². The Morgan fingerprint density at radius 3 is 2.26 bits per heavy atom. The number of carbonyl (C=O) groups is 4. The zero-order valence-corrected chi connectivity index (χ0v) is 22.7. The highest BCUT2D eigenvalue weighted by atomic mass is 16.6. The molecule has 0 bridgehead atoms. The van der Waals surface area contributed by atoms with Gasteiger partial charge in [0.1, 0.15) is 17.7 Å². The fraction of sp³-hybridized carbons (Fsp3) is 0.500. The lowest BCUT2D eigenvalue weighted by Crippen LogP contribution is -2.55. The van der Waals surface area contributed by atoms with E-state index in [2.05, 4.69) is 29.1 Å². The molecule has 0 spiro atoms. The van der Waals surface area contributed by atoms with Crippen molar-refractivity contribution < 1.29 is 29.0 Å². The largest absolute Gasteiger partial charge is 0.465 e. The summed E-state index contributed by atoms with van der Waals surface area (Å²) in [5.41, 5.74) is 0.233. The lowest BCUT2D eigenvalue weighted by atomic mass is 10.0. The highest BCUT2D eigenvalue weighted by Gasteiger charge is 2.31. The molecule has 4 N–H and O–H groups in total. The third-order valence-corrected chi connectivity index (χ3v) is 5.39. The van der Waals surface area contributed by atoms with Gasteiger partial charge < -0.3 is 25.8 Å². The molecular weight excluding hydrogens is 488 g/mol. The summed E-state index contributed by atoms with van der Waals surface area (Å²) in [6, 6.07) is 7.30. The summed E-state index contributed by atoms with van der Waals surface area (Å²) in [4.78, 5) is 51.1. The molecule has 0 saturated heterocycles. The molecule has 2 atom stereocenters. The standard InChI is InChI=1S/C28H42N4O6/c1-6-8-17-29-24(33)22(20-21-14-10-9-11-15-21)31-25(34)23(32(19-7-2)27(36)37)16-12-13-18-30-26(35)38-28(3,4)5/h6-7,9-11,14-15,22-23H,1-2,8,12-13,16-20H2,3-5H3,(H,29,33)(H,30,35)(H,31,34)(H,36,37)/t22-,23+/m1/s1. The second kappa shape index (κ2) is 16.8. The Bertz CT molecular complexity index is 929. The van der Waals surface area contributed by atoms with Gasteiger partial charge in [-0.05, 0) is 52.0 Å². The minimum Gasteiger partial charge on any atom is -0.465 e. The maximum Gasteiger partial charge on any atom is 0.408 e. The van der Waals surface area contributed by atoms with Gasteiger partial charge in [-0.2, -0.15) is 0 Å². The Kier molecular flexibility index (Phi) is 14.3. The van der Waals surface area contributed by atoms with E-state index in [1.807, 2.05) is 30.3 Å². The van der Waals surface area contributed by atoms with Crippen LogP contribution in [0.4, 0.5) is 9.59 Å². The van der Waals surface area contributed by atoms with E-state index in [1.165, 1.54) is 6.08 Å². The summed E-state index contributed by atoms with van der Waals surface area (Å²) < 4.78 is 5.20. The van der Waals surface area contributed by atoms with Crippen LogP contribution in [0.1, 0.15) is 52.0 Å². The highest BCUT2D eigenvalue weighted by molar-refractivity contribution is 5.91. The van der Waals surface area contributed by atoms with Crippen LogP contribution in [0.5, 0.6) is 0 Å². The van der Waals surface area contributed by atoms with Gasteiger partial charge in [0.2, 0.25) is 11.8 Å². The molecule has 10 nitrogen and oxygen atoms in total. The number of benzene rings is 1. The molecule has 0 saturated carbocycles. The van der Waals surface area contributed by atoms with Crippen LogP contribution in [-0.2, 0) is 20.7 Å². The van der Waals surface area contributed by atoms with Gasteiger partial charge >= 0.3 is 12.2 Å². The monoisotopic (exact) mass is 530 g/mol. The molecular formula is C28H42N4O6. The van der Waals surface area contributed by atoms with E-state index in [4.69, 9.17) is 4.74 Å². The predicted molar refractivity (Wildman–Crippen MR) is 147 cm³/mol. The Morgan fingerprint density at radius 2 is 1.68 bits per heavy atom. The first-order valence-corrected chi connectivity index (χ1v) is 12.8. The number of unbranched alkanes of at least 4 members (excludes halogenated alkanes) is 1. The van der Waals surface area contributed by atoms with Crippen LogP contribution in [0.2, 0.25) is 0 Å². The summed E-state index contributed by atoms with van der Waals surface area (Å²) in [6.45, 7) is 13.2. The van der Waals surface area contributed by atoms with Crippen molar-refractivity contribution in [2.45, 2.75) is 70.6 Å². The van der Waals surface area contributed by atoms with Crippen molar-refractivity contribution >= 4 is 24.0 Å². The number of carboxylic acid groups (broad SMARTS) is 1. The van der Waals surface area contributed by atoms with Crippen molar-refractivity contribution in [3.8, 4) is 0 Å². The number of ether oxygens (including phenoxy) is 1. The van der Waals surface area contributed by atoms with Crippen LogP contribution < -0.4 is 16.0 Å². The maximum absolute atomic E-state index is 13.4. The van der Waals surface area contributed by atoms with Crippen molar-refractivity contribution in [3.05, 3.63) is 61.2 Å². The fourth-order valence-electron chi connectivity index (χ4n) is 3.62. The lowest BCUT2D eigenvalue weighted by Gasteiger charge is -2.29. The molecule has 0 aliphatic rings. The molecule has 4 amide bonds. The molecule has 1 rings (SSSR count). The first-order chi connectivity index (χ1) is 18.0. The first-order valence-electron chi connectivity index (χ1n) is 12.8. The van der Waals surface area contributed by atoms with Gasteiger partial charge in [0.25, 0.3) is 0 Å². The highest BCUT2D eigenvalue weighted by Crippen LogP contribution is 2.13. The molecule has 0 radical (unpaired) electrons. The van der Waals surface area contributed by atoms with Crippen molar-refractivity contribution in [2.75, 3.05) is 19.6 Å². The van der Waals surface area contributed by atoms with E-state index < -0.39 is 35.8 Å². The van der Waals surface area contributed by atoms with E-state index in [-0.39, 0.29) is 25.3 Å². The molecule has 210 valence electrons. The smallest absolute Gasteiger partial charge is 0.408 e. The van der Waals surface area contributed by atoms with Crippen molar-refractivity contribution in [1.82, 2.24) is 20.9 Å². The van der Waals surface area contributed by atoms with Crippen LogP contribution in [0.3, 0.4) is 0 Å². The number of nitrogens with one attached hydrogen (secondary N) is 3. The quantitative estimate of drug-likeness (QED) is 0.190. The summed E-state index contributed by atoms with van der Waals surface area (Å²) in [5, 5.41) is 18.0. The average Bonchev–Trinajstić information content (AvgIpc) is 2.84. The topological polar surface area (TPSA) is 137 Å². The van der Waals surface area contributed by atoms with Gasteiger partial charge in [0, 0.05) is 26.1 Å². The van der Waals surface area contributed by atoms with Crippen LogP contribution in [0.25, 0.3) is 0 Å². The summed E-state index contributed by atoms with van der Waals surface area (Å²) in [5.74, 6) is -0.941. The second-order valence-corrected chi connectivity index (χ2v) is 9.78. The van der Waals surface area contributed by atoms with Gasteiger partial charge in [-0.15, -0.1) is 13.2 Å². The number of hydrogen-bond acceptors (Lipinski definition) is 5. The van der Waals surface area contributed by atoms with E-state index in [0.29, 0.717) is 32.4 Å². The third kappa shape index (κ3) is 12.9. The molecule has 1 aromatic carbocycles. The van der Waals surface area contributed by atoms with Crippen LogP contribution >= 0.6 is 0 Å². The number of amides is 4. The third-order valence-electron chi connectivity index (χ3n) is 5.39. The van der Waals surface area contributed by atoms with E-state index in [1.54, 1.807) is 26.8 Å². The zero-order valence-electron chi connectivity index (χ0n) is 22.7.